The van der Waals surface area contributed by atoms with Crippen LogP contribution in [0.3, 0.4) is 0 Å². The number of hydrogen-bond donors (Lipinski definition) is 1. The zero-order valence-electron chi connectivity index (χ0n) is 14.0. The van der Waals surface area contributed by atoms with Gasteiger partial charge in [-0.2, -0.15) is 0 Å². The molecule has 2 N–H and O–H groups in total. The molecule has 2 aliphatic rings. The minimum absolute atomic E-state index is 0.0239. The molecule has 3 rings (SSSR count). The van der Waals surface area contributed by atoms with E-state index in [9.17, 15) is 14.0 Å². The maximum atomic E-state index is 14.0. The van der Waals surface area contributed by atoms with Crippen LogP contribution in [0.1, 0.15) is 32.6 Å². The summed E-state index contributed by atoms with van der Waals surface area (Å²) < 4.78 is 14.0. The lowest BCUT2D eigenvalue weighted by atomic mass is 9.94. The number of hydrogen-bond acceptors (Lipinski definition) is 3. The Labute approximate surface area is 141 Å². The number of carbonyl (C=O) groups is 2. The highest BCUT2D eigenvalue weighted by atomic mass is 19.1. The van der Waals surface area contributed by atoms with Crippen molar-refractivity contribution in [1.82, 2.24) is 4.90 Å². The van der Waals surface area contributed by atoms with Crippen LogP contribution in [0.4, 0.5) is 10.1 Å². The minimum atomic E-state index is -0.439. The maximum absolute atomic E-state index is 14.0. The largest absolute Gasteiger partial charge is 0.338 e. The van der Waals surface area contributed by atoms with Crippen LogP contribution < -0.4 is 10.6 Å². The fourth-order valence-corrected chi connectivity index (χ4v) is 3.79. The summed E-state index contributed by atoms with van der Waals surface area (Å²) in [6.07, 6.45) is 3.07. The van der Waals surface area contributed by atoms with Gasteiger partial charge in [0.15, 0.2) is 0 Å². The molecule has 0 radical (unpaired) electrons. The van der Waals surface area contributed by atoms with E-state index in [1.165, 1.54) is 11.0 Å². The quantitative estimate of drug-likeness (QED) is 0.919. The third-order valence-electron chi connectivity index (χ3n) is 5.06. The molecule has 3 unspecified atom stereocenters. The summed E-state index contributed by atoms with van der Waals surface area (Å²) in [6, 6.07) is 6.12. The second-order valence-electron chi connectivity index (χ2n) is 6.81. The molecule has 0 aliphatic carbocycles. The number of anilines is 1. The molecule has 2 fully saturated rings. The molecule has 6 heteroatoms. The summed E-state index contributed by atoms with van der Waals surface area (Å²) in [5.41, 5.74) is 6.29. The van der Waals surface area contributed by atoms with Crippen molar-refractivity contribution in [3.8, 4) is 0 Å². The number of rotatable bonds is 3. The van der Waals surface area contributed by atoms with Gasteiger partial charge in [-0.3, -0.25) is 9.59 Å². The minimum Gasteiger partial charge on any atom is -0.338 e. The summed E-state index contributed by atoms with van der Waals surface area (Å²) >= 11 is 0. The predicted molar refractivity (Wildman–Crippen MR) is 89.9 cm³/mol. The van der Waals surface area contributed by atoms with Crippen LogP contribution >= 0.6 is 0 Å². The van der Waals surface area contributed by atoms with E-state index >= 15 is 0 Å². The molecule has 0 spiro atoms. The summed E-state index contributed by atoms with van der Waals surface area (Å²) in [5.74, 6) is -1.08. The molecule has 1 aromatic rings. The number of piperidine rings is 1. The van der Waals surface area contributed by atoms with Gasteiger partial charge in [0.25, 0.3) is 0 Å². The average Bonchev–Trinajstić information content (AvgIpc) is 2.96. The first-order chi connectivity index (χ1) is 11.5. The molecule has 2 amide bonds. The fraction of sp³-hybridized carbons (Fsp3) is 0.556. The van der Waals surface area contributed by atoms with Crippen LogP contribution in [0.15, 0.2) is 24.3 Å². The van der Waals surface area contributed by atoms with E-state index in [4.69, 9.17) is 5.73 Å². The van der Waals surface area contributed by atoms with E-state index in [0.29, 0.717) is 6.54 Å². The molecule has 2 heterocycles. The molecule has 0 bridgehead atoms. The Morgan fingerprint density at radius 2 is 2.08 bits per heavy atom. The third-order valence-corrected chi connectivity index (χ3v) is 5.06. The number of benzene rings is 1. The second kappa shape index (κ2) is 6.89. The fourth-order valence-electron chi connectivity index (χ4n) is 3.79. The van der Waals surface area contributed by atoms with Crippen LogP contribution in [0.5, 0.6) is 0 Å². The first kappa shape index (κ1) is 16.9. The van der Waals surface area contributed by atoms with Crippen LogP contribution in [-0.4, -0.2) is 41.9 Å². The van der Waals surface area contributed by atoms with Crippen molar-refractivity contribution in [1.29, 1.82) is 0 Å². The molecule has 2 aliphatic heterocycles. The van der Waals surface area contributed by atoms with Crippen LogP contribution in [0.2, 0.25) is 0 Å². The number of nitrogens with two attached hydrogens (primary N) is 1. The zero-order chi connectivity index (χ0) is 17.3. The number of para-hydroxylation sites is 1. The highest BCUT2D eigenvalue weighted by Gasteiger charge is 2.40. The van der Waals surface area contributed by atoms with Gasteiger partial charge in [-0.05, 0) is 38.3 Å². The molecule has 3 atom stereocenters. The molecule has 130 valence electrons. The maximum Gasteiger partial charge on any atom is 0.228 e. The van der Waals surface area contributed by atoms with Crippen molar-refractivity contribution in [2.24, 2.45) is 11.7 Å². The lowest BCUT2D eigenvalue weighted by molar-refractivity contribution is -0.139. The van der Waals surface area contributed by atoms with Gasteiger partial charge in [-0.15, -0.1) is 0 Å². The summed E-state index contributed by atoms with van der Waals surface area (Å²) in [5, 5.41) is 0. The van der Waals surface area contributed by atoms with Crippen molar-refractivity contribution < 1.29 is 14.0 Å². The third kappa shape index (κ3) is 3.15. The number of halogens is 1. The monoisotopic (exact) mass is 333 g/mol. The molecule has 2 saturated heterocycles. The van der Waals surface area contributed by atoms with E-state index in [2.05, 4.69) is 0 Å². The van der Waals surface area contributed by atoms with E-state index in [0.717, 1.165) is 19.3 Å². The van der Waals surface area contributed by atoms with Crippen molar-refractivity contribution in [2.45, 2.75) is 44.7 Å². The molecule has 24 heavy (non-hydrogen) atoms. The van der Waals surface area contributed by atoms with E-state index in [-0.39, 0.29) is 42.6 Å². The van der Waals surface area contributed by atoms with Crippen molar-refractivity contribution >= 4 is 17.5 Å². The number of nitrogens with zero attached hydrogens (tertiary/aromatic N) is 2. The van der Waals surface area contributed by atoms with Crippen LogP contribution in [0, 0.1) is 11.7 Å². The van der Waals surface area contributed by atoms with Gasteiger partial charge >= 0.3 is 0 Å². The van der Waals surface area contributed by atoms with Gasteiger partial charge in [0.2, 0.25) is 11.8 Å². The summed E-state index contributed by atoms with van der Waals surface area (Å²) in [4.78, 5) is 28.5. The van der Waals surface area contributed by atoms with E-state index in [1.807, 2.05) is 11.8 Å². The van der Waals surface area contributed by atoms with Gasteiger partial charge < -0.3 is 15.5 Å². The normalized spacial score (nSPS) is 25.9. The molecule has 5 nitrogen and oxygen atoms in total. The lowest BCUT2D eigenvalue weighted by Crippen LogP contribution is -2.53. The predicted octanol–water partition coefficient (Wildman–Crippen LogP) is 1.91. The molecular formula is C18H24FN3O2. The summed E-state index contributed by atoms with van der Waals surface area (Å²) in [7, 11) is 0. The standard InChI is InChI=1S/C18H24FN3O2/c1-12(20)15-7-4-5-9-21(15)18(24)13-10-17(23)22(11-13)16-8-3-2-6-14(16)19/h2-3,6,8,12-13,15H,4-5,7,9-11,20H2,1H3. The van der Waals surface area contributed by atoms with Crippen molar-refractivity contribution in [3.63, 3.8) is 0 Å². The number of likely N-dealkylation sites (tertiary alicyclic amines) is 1. The average molecular weight is 333 g/mol. The number of carbonyl (C=O) groups excluding carboxylic acids is 2. The molecular weight excluding hydrogens is 309 g/mol. The second-order valence-corrected chi connectivity index (χ2v) is 6.81. The smallest absolute Gasteiger partial charge is 0.228 e. The molecule has 0 aromatic heterocycles. The Bertz CT molecular complexity index is 634. The zero-order valence-corrected chi connectivity index (χ0v) is 14.0. The Morgan fingerprint density at radius 3 is 2.79 bits per heavy atom. The van der Waals surface area contributed by atoms with Gasteiger partial charge in [0.1, 0.15) is 5.82 Å². The van der Waals surface area contributed by atoms with Gasteiger partial charge in [0.05, 0.1) is 11.6 Å². The Balaban J connectivity index is 1.75. The first-order valence-corrected chi connectivity index (χ1v) is 8.60. The summed E-state index contributed by atoms with van der Waals surface area (Å²) in [6.45, 7) is 2.85. The Hall–Kier alpha value is -1.95. The highest BCUT2D eigenvalue weighted by Crippen LogP contribution is 2.30. The van der Waals surface area contributed by atoms with Crippen LogP contribution in [0.25, 0.3) is 0 Å². The van der Waals surface area contributed by atoms with Gasteiger partial charge in [-0.1, -0.05) is 12.1 Å². The van der Waals surface area contributed by atoms with Crippen molar-refractivity contribution in [2.75, 3.05) is 18.0 Å². The van der Waals surface area contributed by atoms with E-state index < -0.39 is 11.7 Å². The Kier molecular flexibility index (Phi) is 4.85. The molecule has 1 aromatic carbocycles. The molecule has 0 saturated carbocycles. The Morgan fingerprint density at radius 1 is 1.33 bits per heavy atom. The highest BCUT2D eigenvalue weighted by molar-refractivity contribution is 6.00. The van der Waals surface area contributed by atoms with E-state index in [1.54, 1.807) is 18.2 Å². The van der Waals surface area contributed by atoms with Gasteiger partial charge in [0, 0.05) is 31.6 Å². The van der Waals surface area contributed by atoms with Crippen LogP contribution in [-0.2, 0) is 9.59 Å². The SMILES string of the molecule is CC(N)C1CCCCN1C(=O)C1CC(=O)N(c2ccccc2F)C1. The number of amides is 2. The van der Waals surface area contributed by atoms with Gasteiger partial charge in [-0.25, -0.2) is 4.39 Å². The first-order valence-electron chi connectivity index (χ1n) is 8.60. The van der Waals surface area contributed by atoms with Crippen molar-refractivity contribution in [3.05, 3.63) is 30.1 Å². The topological polar surface area (TPSA) is 66.6 Å². The lowest BCUT2D eigenvalue weighted by Gasteiger charge is -2.39.